The smallest absolute Gasteiger partial charge is 0.193 e. The van der Waals surface area contributed by atoms with Crippen molar-refractivity contribution >= 4 is 5.78 Å². The van der Waals surface area contributed by atoms with Crippen LogP contribution in [-0.2, 0) is 0 Å². The van der Waals surface area contributed by atoms with E-state index in [-0.39, 0.29) is 11.6 Å². The molecule has 4 aromatic carbocycles. The second-order valence-electron chi connectivity index (χ2n) is 7.82. The Morgan fingerprint density at radius 2 is 1.32 bits per heavy atom. The predicted molar refractivity (Wildman–Crippen MR) is 131 cm³/mol. The van der Waals surface area contributed by atoms with Crippen molar-refractivity contribution in [3.63, 3.8) is 0 Å². The van der Waals surface area contributed by atoms with Crippen molar-refractivity contribution < 1.29 is 13.9 Å². The lowest BCUT2D eigenvalue weighted by molar-refractivity contribution is 0.103. The number of methoxy groups -OCH3 is 1. The van der Waals surface area contributed by atoms with Crippen LogP contribution < -0.4 is 4.74 Å². The highest BCUT2D eigenvalue weighted by Gasteiger charge is 2.16. The van der Waals surface area contributed by atoms with Gasteiger partial charge in [-0.15, -0.1) is 0 Å². The van der Waals surface area contributed by atoms with Crippen LogP contribution in [0.25, 0.3) is 33.9 Å². The van der Waals surface area contributed by atoms with Crippen molar-refractivity contribution in [3.8, 4) is 39.7 Å². The lowest BCUT2D eigenvalue weighted by atomic mass is 10.00. The molecule has 5 rings (SSSR count). The van der Waals surface area contributed by atoms with Gasteiger partial charge in [0, 0.05) is 27.8 Å². The quantitative estimate of drug-likeness (QED) is 0.291. The van der Waals surface area contributed by atoms with Crippen LogP contribution in [-0.4, -0.2) is 22.9 Å². The molecule has 0 spiro atoms. The topological polar surface area (TPSA) is 55.0 Å². The molecule has 1 heterocycles. The number of nitrogens with zero attached hydrogens (tertiary/aromatic N) is 1. The molecule has 166 valence electrons. The minimum atomic E-state index is -0.368. The number of carbonyl (C=O) groups excluding carboxylic acids is 1. The number of rotatable bonds is 6. The van der Waals surface area contributed by atoms with Crippen LogP contribution in [0.1, 0.15) is 15.9 Å². The maximum absolute atomic E-state index is 13.2. The molecule has 0 saturated carbocycles. The number of H-pyrrole nitrogens is 1. The third kappa shape index (κ3) is 4.24. The molecular weight excluding hydrogens is 427 g/mol. The van der Waals surface area contributed by atoms with Gasteiger partial charge in [0.2, 0.25) is 0 Å². The first-order chi connectivity index (χ1) is 16.6. The van der Waals surface area contributed by atoms with Crippen molar-refractivity contribution in [1.82, 2.24) is 9.97 Å². The normalized spacial score (nSPS) is 10.8. The molecule has 0 aliphatic rings. The van der Waals surface area contributed by atoms with E-state index in [9.17, 15) is 9.18 Å². The van der Waals surface area contributed by atoms with E-state index in [2.05, 4.69) is 4.98 Å². The molecule has 0 fully saturated rings. The molecule has 0 saturated heterocycles. The number of carbonyl (C=O) groups is 1. The van der Waals surface area contributed by atoms with E-state index in [0.29, 0.717) is 11.1 Å². The monoisotopic (exact) mass is 448 g/mol. The van der Waals surface area contributed by atoms with E-state index in [1.54, 1.807) is 19.2 Å². The molecule has 5 aromatic rings. The van der Waals surface area contributed by atoms with E-state index < -0.39 is 0 Å². The lowest BCUT2D eigenvalue weighted by Gasteiger charge is -2.06. The van der Waals surface area contributed by atoms with Crippen LogP contribution in [0.15, 0.2) is 103 Å². The van der Waals surface area contributed by atoms with Gasteiger partial charge in [-0.25, -0.2) is 9.37 Å². The predicted octanol–water partition coefficient (Wildman–Crippen LogP) is 6.79. The van der Waals surface area contributed by atoms with Gasteiger partial charge in [0.25, 0.3) is 0 Å². The first-order valence-electron chi connectivity index (χ1n) is 10.8. The summed E-state index contributed by atoms with van der Waals surface area (Å²) in [5.74, 6) is 0.994. The van der Waals surface area contributed by atoms with Crippen molar-refractivity contribution in [2.75, 3.05) is 7.11 Å². The number of hydrogen-bond donors (Lipinski definition) is 1. The summed E-state index contributed by atoms with van der Waals surface area (Å²) >= 11 is 0. The van der Waals surface area contributed by atoms with E-state index in [4.69, 9.17) is 9.72 Å². The number of aromatic amines is 1. The van der Waals surface area contributed by atoms with Gasteiger partial charge < -0.3 is 9.72 Å². The zero-order valence-corrected chi connectivity index (χ0v) is 18.5. The van der Waals surface area contributed by atoms with Crippen LogP contribution in [0.2, 0.25) is 0 Å². The van der Waals surface area contributed by atoms with Gasteiger partial charge in [0.1, 0.15) is 17.4 Å². The van der Waals surface area contributed by atoms with Gasteiger partial charge in [0.05, 0.1) is 18.5 Å². The SMILES string of the molecule is COc1ccc(-c2nc(-c3ccccc3)c(-c3ccc(C(=O)c4ccc(F)cc4)cc3)[nH]2)cc1. The first kappa shape index (κ1) is 21.3. The number of aromatic nitrogens is 2. The van der Waals surface area contributed by atoms with Crippen LogP contribution >= 0.6 is 0 Å². The fourth-order valence-electron chi connectivity index (χ4n) is 3.83. The summed E-state index contributed by atoms with van der Waals surface area (Å²) in [5, 5.41) is 0. The minimum Gasteiger partial charge on any atom is -0.497 e. The first-order valence-corrected chi connectivity index (χ1v) is 10.8. The number of nitrogens with one attached hydrogen (secondary N) is 1. The zero-order valence-electron chi connectivity index (χ0n) is 18.5. The molecule has 0 bridgehead atoms. The number of hydrogen-bond acceptors (Lipinski definition) is 3. The Morgan fingerprint density at radius 1 is 0.735 bits per heavy atom. The van der Waals surface area contributed by atoms with Crippen molar-refractivity contribution in [2.24, 2.45) is 0 Å². The van der Waals surface area contributed by atoms with Crippen molar-refractivity contribution in [3.05, 3.63) is 120 Å². The second-order valence-corrected chi connectivity index (χ2v) is 7.82. The number of ketones is 1. The van der Waals surface area contributed by atoms with Gasteiger partial charge >= 0.3 is 0 Å². The number of benzene rings is 4. The summed E-state index contributed by atoms with van der Waals surface area (Å²) in [6.45, 7) is 0. The summed E-state index contributed by atoms with van der Waals surface area (Å²) in [5.41, 5.74) is 5.49. The molecule has 4 nitrogen and oxygen atoms in total. The summed E-state index contributed by atoms with van der Waals surface area (Å²) in [7, 11) is 1.64. The summed E-state index contributed by atoms with van der Waals surface area (Å²) in [6.07, 6.45) is 0. The number of ether oxygens (including phenoxy) is 1. The van der Waals surface area contributed by atoms with Crippen LogP contribution in [0.4, 0.5) is 4.39 Å². The van der Waals surface area contributed by atoms with Crippen LogP contribution in [0, 0.1) is 5.82 Å². The average molecular weight is 448 g/mol. The molecule has 1 N–H and O–H groups in total. The summed E-state index contributed by atoms with van der Waals surface area (Å²) in [4.78, 5) is 21.1. The van der Waals surface area contributed by atoms with E-state index in [1.165, 1.54) is 24.3 Å². The second kappa shape index (κ2) is 9.16. The molecular formula is C29H21FN2O2. The number of imidazole rings is 1. The van der Waals surface area contributed by atoms with Gasteiger partial charge in [-0.2, -0.15) is 0 Å². The third-order valence-electron chi connectivity index (χ3n) is 5.66. The molecule has 5 heteroatoms. The standard InChI is InChI=1S/C29H21FN2O2/c1-34-25-17-13-23(14-18-25)29-31-26(19-5-3-2-4-6-19)27(32-29)20-7-9-21(10-8-20)28(33)22-11-15-24(30)16-12-22/h2-18H,1H3,(H,31,32). The molecule has 0 atom stereocenters. The highest BCUT2D eigenvalue weighted by atomic mass is 19.1. The average Bonchev–Trinajstić information content (AvgIpc) is 3.35. The summed E-state index contributed by atoms with van der Waals surface area (Å²) < 4.78 is 18.5. The molecule has 0 aliphatic carbocycles. The highest BCUT2D eigenvalue weighted by molar-refractivity contribution is 6.09. The molecule has 0 amide bonds. The Morgan fingerprint density at radius 3 is 1.94 bits per heavy atom. The Balaban J connectivity index is 1.53. The molecule has 0 radical (unpaired) electrons. The number of halogens is 1. The Kier molecular flexibility index (Phi) is 5.75. The Labute approximate surface area is 196 Å². The molecule has 34 heavy (non-hydrogen) atoms. The van der Waals surface area contributed by atoms with Gasteiger partial charge in [-0.1, -0.05) is 54.6 Å². The fraction of sp³-hybridized carbons (Fsp3) is 0.0345. The van der Waals surface area contributed by atoms with Gasteiger partial charge in [-0.05, 0) is 48.5 Å². The van der Waals surface area contributed by atoms with Gasteiger partial charge in [0.15, 0.2) is 5.78 Å². The van der Waals surface area contributed by atoms with Crippen LogP contribution in [0.5, 0.6) is 5.75 Å². The van der Waals surface area contributed by atoms with E-state index in [1.807, 2.05) is 66.7 Å². The zero-order chi connectivity index (χ0) is 23.5. The van der Waals surface area contributed by atoms with Gasteiger partial charge in [-0.3, -0.25) is 4.79 Å². The maximum atomic E-state index is 13.2. The largest absolute Gasteiger partial charge is 0.497 e. The van der Waals surface area contributed by atoms with E-state index in [0.717, 1.165) is 39.7 Å². The molecule has 0 aliphatic heterocycles. The summed E-state index contributed by atoms with van der Waals surface area (Å²) in [6, 6.07) is 30.6. The van der Waals surface area contributed by atoms with Crippen LogP contribution in [0.3, 0.4) is 0 Å². The minimum absolute atomic E-state index is 0.154. The maximum Gasteiger partial charge on any atom is 0.193 e. The highest BCUT2D eigenvalue weighted by Crippen LogP contribution is 2.33. The third-order valence-corrected chi connectivity index (χ3v) is 5.66. The molecule has 1 aromatic heterocycles. The van der Waals surface area contributed by atoms with Crippen molar-refractivity contribution in [1.29, 1.82) is 0 Å². The molecule has 0 unspecified atom stereocenters. The fourth-order valence-corrected chi connectivity index (χ4v) is 3.83. The Hall–Kier alpha value is -4.51. The Bertz CT molecular complexity index is 1420. The lowest BCUT2D eigenvalue weighted by Crippen LogP contribution is -2.01. The van der Waals surface area contributed by atoms with Crippen molar-refractivity contribution in [2.45, 2.75) is 0 Å². The van der Waals surface area contributed by atoms with E-state index >= 15 is 0 Å².